The first-order chi connectivity index (χ1) is 18.3. The molecule has 0 bridgehead atoms. The number of aryl methyl sites for hydroxylation is 2. The summed E-state index contributed by atoms with van der Waals surface area (Å²) in [6, 6.07) is 9.50. The SMILES string of the molecule is C=CCOC(=O)c1sc(N2C(=O)c3oc4ccc(C)cc4c(=O)c3C2c2ccc(OC)c(OC)c2)nc1C. The maximum atomic E-state index is 13.9. The molecule has 2 aromatic carbocycles. The summed E-state index contributed by atoms with van der Waals surface area (Å²) in [6.07, 6.45) is 1.46. The molecule has 3 heterocycles. The van der Waals surface area contributed by atoms with Crippen molar-refractivity contribution < 1.29 is 28.2 Å². The zero-order valence-corrected chi connectivity index (χ0v) is 22.0. The fourth-order valence-corrected chi connectivity index (χ4v) is 5.48. The molecular weight excluding hydrogens is 508 g/mol. The van der Waals surface area contributed by atoms with Crippen molar-refractivity contribution in [2.45, 2.75) is 19.9 Å². The number of aromatic nitrogens is 1. The van der Waals surface area contributed by atoms with Gasteiger partial charge in [0.2, 0.25) is 5.76 Å². The molecule has 0 fully saturated rings. The van der Waals surface area contributed by atoms with Crippen molar-refractivity contribution >= 4 is 39.3 Å². The second-order valence-electron chi connectivity index (χ2n) is 8.66. The summed E-state index contributed by atoms with van der Waals surface area (Å²) < 4.78 is 22.1. The first kappa shape index (κ1) is 25.2. The Labute approximate surface area is 221 Å². The Morgan fingerprint density at radius 3 is 2.61 bits per heavy atom. The standard InChI is InChI=1S/C28H24N2O7S/c1-6-11-36-27(33)25-15(3)29-28(38-25)30-22(16-8-10-19(34-4)20(13-16)35-5)21-23(31)17-12-14(2)7-9-18(17)37-24(21)26(30)32/h6-10,12-13,22H,1,11H2,2-5H3. The molecule has 0 saturated carbocycles. The van der Waals surface area contributed by atoms with Gasteiger partial charge in [-0.1, -0.05) is 41.7 Å². The molecule has 10 heteroatoms. The number of esters is 1. The van der Waals surface area contributed by atoms with Crippen LogP contribution in [0.2, 0.25) is 0 Å². The topological polar surface area (TPSA) is 108 Å². The van der Waals surface area contributed by atoms with E-state index in [9.17, 15) is 14.4 Å². The number of carbonyl (C=O) groups is 2. The number of ether oxygens (including phenoxy) is 3. The highest BCUT2D eigenvalue weighted by Crippen LogP contribution is 2.44. The van der Waals surface area contributed by atoms with Gasteiger partial charge in [0.1, 0.15) is 17.1 Å². The van der Waals surface area contributed by atoms with E-state index in [1.807, 2.05) is 13.0 Å². The molecule has 0 N–H and O–H groups in total. The molecule has 38 heavy (non-hydrogen) atoms. The lowest BCUT2D eigenvalue weighted by Gasteiger charge is -2.23. The number of fused-ring (bicyclic) bond motifs is 2. The van der Waals surface area contributed by atoms with Gasteiger partial charge in [-0.2, -0.15) is 0 Å². The molecule has 0 spiro atoms. The van der Waals surface area contributed by atoms with Crippen LogP contribution >= 0.6 is 11.3 Å². The number of thiazole rings is 1. The first-order valence-electron chi connectivity index (χ1n) is 11.7. The van der Waals surface area contributed by atoms with E-state index >= 15 is 0 Å². The molecule has 4 aromatic rings. The van der Waals surface area contributed by atoms with Crippen LogP contribution in [0.4, 0.5) is 5.13 Å². The van der Waals surface area contributed by atoms with E-state index in [2.05, 4.69) is 11.6 Å². The second-order valence-corrected chi connectivity index (χ2v) is 9.64. The molecule has 9 nitrogen and oxygen atoms in total. The number of methoxy groups -OCH3 is 2. The molecule has 2 aromatic heterocycles. The lowest BCUT2D eigenvalue weighted by atomic mass is 9.98. The maximum absolute atomic E-state index is 13.9. The van der Waals surface area contributed by atoms with Crippen molar-refractivity contribution in [2.75, 3.05) is 25.7 Å². The van der Waals surface area contributed by atoms with E-state index in [4.69, 9.17) is 18.6 Å². The Bertz CT molecular complexity index is 1670. The third kappa shape index (κ3) is 4.03. The number of hydrogen-bond donors (Lipinski definition) is 0. The summed E-state index contributed by atoms with van der Waals surface area (Å²) in [5, 5.41) is 0.594. The van der Waals surface area contributed by atoms with Gasteiger partial charge in [0.05, 0.1) is 36.9 Å². The quantitative estimate of drug-likeness (QED) is 0.242. The zero-order valence-electron chi connectivity index (χ0n) is 21.2. The number of hydrogen-bond acceptors (Lipinski definition) is 9. The Balaban J connectivity index is 1.74. The smallest absolute Gasteiger partial charge is 0.350 e. The minimum absolute atomic E-state index is 0.0400. The highest BCUT2D eigenvalue weighted by molar-refractivity contribution is 7.17. The average molecular weight is 533 g/mol. The molecule has 5 rings (SSSR count). The van der Waals surface area contributed by atoms with Crippen LogP contribution in [0, 0.1) is 13.8 Å². The van der Waals surface area contributed by atoms with E-state index in [1.165, 1.54) is 25.2 Å². The van der Waals surface area contributed by atoms with Gasteiger partial charge in [-0.25, -0.2) is 9.78 Å². The van der Waals surface area contributed by atoms with Crippen molar-refractivity contribution in [3.63, 3.8) is 0 Å². The number of anilines is 1. The Morgan fingerprint density at radius 2 is 1.89 bits per heavy atom. The monoisotopic (exact) mass is 532 g/mol. The van der Waals surface area contributed by atoms with Gasteiger partial charge in [0.15, 0.2) is 22.1 Å². The number of amides is 1. The second kappa shape index (κ2) is 9.79. The van der Waals surface area contributed by atoms with Gasteiger partial charge in [-0.3, -0.25) is 14.5 Å². The van der Waals surface area contributed by atoms with Crippen LogP contribution in [0.3, 0.4) is 0 Å². The predicted molar refractivity (Wildman–Crippen MR) is 143 cm³/mol. The number of benzene rings is 2. The summed E-state index contributed by atoms with van der Waals surface area (Å²) in [7, 11) is 3.02. The summed E-state index contributed by atoms with van der Waals surface area (Å²) in [5.41, 5.74) is 2.03. The molecule has 1 atom stereocenters. The van der Waals surface area contributed by atoms with Gasteiger partial charge in [-0.05, 0) is 43.7 Å². The highest BCUT2D eigenvalue weighted by Gasteiger charge is 2.45. The minimum Gasteiger partial charge on any atom is -0.493 e. The van der Waals surface area contributed by atoms with Crippen molar-refractivity contribution in [2.24, 2.45) is 0 Å². The highest BCUT2D eigenvalue weighted by atomic mass is 32.1. The molecule has 1 unspecified atom stereocenters. The molecule has 0 saturated heterocycles. The van der Waals surface area contributed by atoms with Gasteiger partial charge in [0, 0.05) is 0 Å². The third-order valence-electron chi connectivity index (χ3n) is 6.26. The van der Waals surface area contributed by atoms with Crippen molar-refractivity contribution in [1.82, 2.24) is 4.98 Å². The molecule has 1 aliphatic rings. The van der Waals surface area contributed by atoms with Crippen molar-refractivity contribution in [3.8, 4) is 11.5 Å². The maximum Gasteiger partial charge on any atom is 0.350 e. The number of carbonyl (C=O) groups excluding carboxylic acids is 2. The largest absolute Gasteiger partial charge is 0.493 e. The van der Waals surface area contributed by atoms with Crippen LogP contribution in [0.25, 0.3) is 11.0 Å². The molecule has 1 amide bonds. The number of rotatable bonds is 7. The Kier molecular flexibility index (Phi) is 6.50. The lowest BCUT2D eigenvalue weighted by Crippen LogP contribution is -2.29. The summed E-state index contributed by atoms with van der Waals surface area (Å²) >= 11 is 1.00. The zero-order chi connectivity index (χ0) is 27.1. The van der Waals surface area contributed by atoms with Crippen LogP contribution in [0.5, 0.6) is 11.5 Å². The predicted octanol–water partition coefficient (Wildman–Crippen LogP) is 4.98. The van der Waals surface area contributed by atoms with E-state index in [0.29, 0.717) is 33.7 Å². The number of nitrogens with zero attached hydrogens (tertiary/aromatic N) is 2. The van der Waals surface area contributed by atoms with Crippen molar-refractivity contribution in [1.29, 1.82) is 0 Å². The van der Waals surface area contributed by atoms with E-state index in [0.717, 1.165) is 16.9 Å². The van der Waals surface area contributed by atoms with E-state index < -0.39 is 17.9 Å². The fourth-order valence-electron chi connectivity index (χ4n) is 4.50. The summed E-state index contributed by atoms with van der Waals surface area (Å²) in [5.74, 6) is -0.274. The summed E-state index contributed by atoms with van der Waals surface area (Å²) in [4.78, 5) is 46.5. The fraction of sp³-hybridized carbons (Fsp3) is 0.214. The molecule has 1 aliphatic heterocycles. The lowest BCUT2D eigenvalue weighted by molar-refractivity contribution is 0.0554. The van der Waals surface area contributed by atoms with Gasteiger partial charge < -0.3 is 18.6 Å². The molecule has 194 valence electrons. The van der Waals surface area contributed by atoms with Gasteiger partial charge >= 0.3 is 5.97 Å². The van der Waals surface area contributed by atoms with Crippen LogP contribution in [0.1, 0.15) is 48.7 Å². The average Bonchev–Trinajstić information content (AvgIpc) is 3.44. The molecule has 0 aliphatic carbocycles. The van der Waals surface area contributed by atoms with Gasteiger partial charge in [0.25, 0.3) is 5.91 Å². The molecule has 0 radical (unpaired) electrons. The summed E-state index contributed by atoms with van der Waals surface area (Å²) in [6.45, 7) is 7.13. The van der Waals surface area contributed by atoms with Crippen LogP contribution in [-0.4, -0.2) is 37.7 Å². The van der Waals surface area contributed by atoms with Gasteiger partial charge in [-0.15, -0.1) is 0 Å². The van der Waals surface area contributed by atoms with Crippen molar-refractivity contribution in [3.05, 3.63) is 92.3 Å². The normalized spacial score (nSPS) is 14.5. The molecular formula is C28H24N2O7S. The van der Waals surface area contributed by atoms with E-state index in [1.54, 1.807) is 37.3 Å². The van der Waals surface area contributed by atoms with Crippen LogP contribution in [0.15, 0.2) is 58.3 Å². The Hall–Kier alpha value is -4.44. The first-order valence-corrected chi connectivity index (χ1v) is 12.5. The van der Waals surface area contributed by atoms with Crippen LogP contribution in [-0.2, 0) is 4.74 Å². The third-order valence-corrected chi connectivity index (χ3v) is 7.39. The van der Waals surface area contributed by atoms with E-state index in [-0.39, 0.29) is 33.4 Å². The van der Waals surface area contributed by atoms with Crippen LogP contribution < -0.4 is 19.8 Å². The Morgan fingerprint density at radius 1 is 1.13 bits per heavy atom. The minimum atomic E-state index is -0.888.